The zero-order valence-electron chi connectivity index (χ0n) is 13.3. The molecule has 0 bridgehead atoms. The second-order valence-electron chi connectivity index (χ2n) is 6.42. The molecule has 0 aliphatic carbocycles. The summed E-state index contributed by atoms with van der Waals surface area (Å²) in [4.78, 5) is 25.4. The Bertz CT molecular complexity index is 787. The summed E-state index contributed by atoms with van der Waals surface area (Å²) in [6.45, 7) is 5.35. The molecule has 0 radical (unpaired) electrons. The van der Waals surface area contributed by atoms with Gasteiger partial charge in [-0.2, -0.15) is 13.2 Å². The highest BCUT2D eigenvalue weighted by atomic mass is 19.4. The van der Waals surface area contributed by atoms with Crippen molar-refractivity contribution in [1.29, 1.82) is 0 Å². The number of carbonyl (C=O) groups is 1. The number of amides is 1. The SMILES string of the molecule is CC(C)(C)C(NC(=O)c1n[nH]c(=O)[nH]1)c1cccc(C(F)(F)F)c1. The van der Waals surface area contributed by atoms with Crippen LogP contribution in [0.25, 0.3) is 0 Å². The Morgan fingerprint density at radius 3 is 2.42 bits per heavy atom. The third-order valence-electron chi connectivity index (χ3n) is 3.41. The lowest BCUT2D eigenvalue weighted by Gasteiger charge is -2.32. The van der Waals surface area contributed by atoms with Crippen LogP contribution in [0.15, 0.2) is 29.1 Å². The summed E-state index contributed by atoms with van der Waals surface area (Å²) in [6, 6.07) is 4.06. The maximum atomic E-state index is 12.9. The summed E-state index contributed by atoms with van der Waals surface area (Å²) < 4.78 is 38.8. The molecule has 9 heteroatoms. The third-order valence-corrected chi connectivity index (χ3v) is 3.41. The molecule has 0 aliphatic heterocycles. The average molecular weight is 342 g/mol. The number of H-pyrrole nitrogens is 2. The molecular weight excluding hydrogens is 325 g/mol. The van der Waals surface area contributed by atoms with Crippen molar-refractivity contribution in [2.24, 2.45) is 5.41 Å². The van der Waals surface area contributed by atoms with Crippen molar-refractivity contribution in [3.05, 3.63) is 51.7 Å². The number of nitrogens with one attached hydrogen (secondary N) is 3. The average Bonchev–Trinajstić information content (AvgIpc) is 2.89. The third kappa shape index (κ3) is 4.03. The van der Waals surface area contributed by atoms with Crippen LogP contribution in [0.5, 0.6) is 0 Å². The van der Waals surface area contributed by atoms with Crippen LogP contribution in [-0.4, -0.2) is 21.1 Å². The standard InChI is InChI=1S/C15H17F3N4O2/c1-14(2,3)10(19-12(23)11-20-13(24)22-21-11)8-5-4-6-9(7-8)15(16,17)18/h4-7,10H,1-3H3,(H,19,23)(H2,20,21,22,24). The van der Waals surface area contributed by atoms with Gasteiger partial charge in [0.05, 0.1) is 11.6 Å². The molecule has 1 amide bonds. The van der Waals surface area contributed by atoms with Gasteiger partial charge in [0.25, 0.3) is 5.91 Å². The van der Waals surface area contributed by atoms with E-state index in [1.54, 1.807) is 20.8 Å². The number of nitrogens with zero attached hydrogens (tertiary/aromatic N) is 1. The number of carbonyl (C=O) groups excluding carboxylic acids is 1. The van der Waals surface area contributed by atoms with E-state index in [1.165, 1.54) is 12.1 Å². The van der Waals surface area contributed by atoms with E-state index in [1.807, 2.05) is 0 Å². The van der Waals surface area contributed by atoms with Crippen LogP contribution in [0.2, 0.25) is 0 Å². The molecule has 0 aliphatic rings. The predicted octanol–water partition coefficient (Wildman–Crippen LogP) is 2.63. The molecule has 1 atom stereocenters. The molecule has 0 saturated heterocycles. The van der Waals surface area contributed by atoms with Gasteiger partial charge < -0.3 is 5.32 Å². The summed E-state index contributed by atoms with van der Waals surface area (Å²) in [5, 5.41) is 8.20. The topological polar surface area (TPSA) is 90.6 Å². The van der Waals surface area contributed by atoms with Crippen LogP contribution in [0.1, 0.15) is 48.6 Å². The van der Waals surface area contributed by atoms with Gasteiger partial charge in [0.15, 0.2) is 0 Å². The van der Waals surface area contributed by atoms with Gasteiger partial charge in [0, 0.05) is 0 Å². The Morgan fingerprint density at radius 2 is 1.92 bits per heavy atom. The molecular formula is C15H17F3N4O2. The molecule has 0 saturated carbocycles. The van der Waals surface area contributed by atoms with Crippen LogP contribution >= 0.6 is 0 Å². The van der Waals surface area contributed by atoms with E-state index in [0.717, 1.165) is 12.1 Å². The van der Waals surface area contributed by atoms with Crippen LogP contribution < -0.4 is 11.0 Å². The van der Waals surface area contributed by atoms with Crippen LogP contribution in [0, 0.1) is 5.41 Å². The lowest BCUT2D eigenvalue weighted by molar-refractivity contribution is -0.137. The van der Waals surface area contributed by atoms with Gasteiger partial charge in [0.2, 0.25) is 5.82 Å². The normalized spacial score (nSPS) is 13.6. The monoisotopic (exact) mass is 342 g/mol. The first-order valence-corrected chi connectivity index (χ1v) is 7.11. The first-order valence-electron chi connectivity index (χ1n) is 7.11. The van der Waals surface area contributed by atoms with Gasteiger partial charge >= 0.3 is 11.9 Å². The molecule has 24 heavy (non-hydrogen) atoms. The second kappa shape index (κ2) is 6.14. The van der Waals surface area contributed by atoms with Gasteiger partial charge in [-0.3, -0.25) is 9.78 Å². The van der Waals surface area contributed by atoms with E-state index < -0.39 is 34.8 Å². The maximum Gasteiger partial charge on any atom is 0.416 e. The van der Waals surface area contributed by atoms with Gasteiger partial charge in [0.1, 0.15) is 0 Å². The second-order valence-corrected chi connectivity index (χ2v) is 6.42. The summed E-state index contributed by atoms with van der Waals surface area (Å²) in [7, 11) is 0. The lowest BCUT2D eigenvalue weighted by atomic mass is 9.82. The summed E-state index contributed by atoms with van der Waals surface area (Å²) in [6.07, 6.45) is -4.48. The fraction of sp³-hybridized carbons (Fsp3) is 0.400. The molecule has 2 aromatic rings. The Hall–Kier alpha value is -2.58. The number of halogens is 3. The highest BCUT2D eigenvalue weighted by molar-refractivity contribution is 5.90. The quantitative estimate of drug-likeness (QED) is 0.801. The molecule has 1 aromatic carbocycles. The Morgan fingerprint density at radius 1 is 1.25 bits per heavy atom. The molecule has 130 valence electrons. The number of alkyl halides is 3. The molecule has 6 nitrogen and oxygen atoms in total. The minimum absolute atomic E-state index is 0.235. The zero-order valence-corrected chi connectivity index (χ0v) is 13.3. The lowest BCUT2D eigenvalue weighted by Crippen LogP contribution is -2.37. The number of aromatic nitrogens is 3. The Balaban J connectivity index is 2.36. The molecule has 1 heterocycles. The summed E-state index contributed by atoms with van der Waals surface area (Å²) >= 11 is 0. The van der Waals surface area contributed by atoms with Crippen molar-refractivity contribution in [3.8, 4) is 0 Å². The predicted molar refractivity (Wildman–Crippen MR) is 80.3 cm³/mol. The first kappa shape index (κ1) is 17.8. The fourth-order valence-corrected chi connectivity index (χ4v) is 2.27. The van der Waals surface area contributed by atoms with Crippen molar-refractivity contribution in [2.45, 2.75) is 33.0 Å². The maximum absolute atomic E-state index is 12.9. The molecule has 0 fully saturated rings. The highest BCUT2D eigenvalue weighted by Gasteiger charge is 2.34. The van der Waals surface area contributed by atoms with Crippen molar-refractivity contribution >= 4 is 5.91 Å². The van der Waals surface area contributed by atoms with E-state index in [2.05, 4.69) is 20.5 Å². The Kier molecular flexibility index (Phi) is 4.54. The van der Waals surface area contributed by atoms with Gasteiger partial charge in [-0.05, 0) is 23.1 Å². The zero-order chi connectivity index (χ0) is 18.1. The smallest absolute Gasteiger partial charge is 0.342 e. The first-order chi connectivity index (χ1) is 11.0. The van der Waals surface area contributed by atoms with Crippen LogP contribution in [0.4, 0.5) is 13.2 Å². The number of rotatable bonds is 3. The van der Waals surface area contributed by atoms with E-state index in [-0.39, 0.29) is 5.82 Å². The number of hydrogen-bond acceptors (Lipinski definition) is 3. The fourth-order valence-electron chi connectivity index (χ4n) is 2.27. The number of hydrogen-bond donors (Lipinski definition) is 3. The Labute approximate surface area is 135 Å². The summed E-state index contributed by atoms with van der Waals surface area (Å²) in [5.74, 6) is -0.924. The van der Waals surface area contributed by atoms with Gasteiger partial charge in [-0.15, -0.1) is 5.10 Å². The molecule has 3 N–H and O–H groups in total. The molecule has 2 rings (SSSR count). The van der Waals surface area contributed by atoms with E-state index in [9.17, 15) is 22.8 Å². The highest BCUT2D eigenvalue weighted by Crippen LogP contribution is 2.36. The van der Waals surface area contributed by atoms with E-state index in [0.29, 0.717) is 5.56 Å². The van der Waals surface area contributed by atoms with Crippen molar-refractivity contribution in [1.82, 2.24) is 20.5 Å². The minimum Gasteiger partial charge on any atom is -0.342 e. The van der Waals surface area contributed by atoms with Crippen LogP contribution in [0.3, 0.4) is 0 Å². The summed E-state index contributed by atoms with van der Waals surface area (Å²) in [5.41, 5.74) is -1.71. The minimum atomic E-state index is -4.48. The van der Waals surface area contributed by atoms with Crippen molar-refractivity contribution in [2.75, 3.05) is 0 Å². The van der Waals surface area contributed by atoms with Gasteiger partial charge in [-0.1, -0.05) is 32.9 Å². The molecule has 1 aromatic heterocycles. The van der Waals surface area contributed by atoms with E-state index >= 15 is 0 Å². The van der Waals surface area contributed by atoms with Gasteiger partial charge in [-0.25, -0.2) is 9.89 Å². The van der Waals surface area contributed by atoms with Crippen molar-refractivity contribution in [3.63, 3.8) is 0 Å². The van der Waals surface area contributed by atoms with Crippen LogP contribution in [-0.2, 0) is 6.18 Å². The van der Waals surface area contributed by atoms with Crippen molar-refractivity contribution < 1.29 is 18.0 Å². The number of aromatic amines is 2. The van der Waals surface area contributed by atoms with E-state index in [4.69, 9.17) is 0 Å². The molecule has 1 unspecified atom stereocenters. The number of benzene rings is 1. The molecule has 0 spiro atoms. The largest absolute Gasteiger partial charge is 0.416 e.